The lowest BCUT2D eigenvalue weighted by atomic mass is 9.59. The molecule has 2 saturated carbocycles. The summed E-state index contributed by atoms with van der Waals surface area (Å²) in [6.45, 7) is 3.94. The first-order valence-corrected chi connectivity index (χ1v) is 20.1. The van der Waals surface area contributed by atoms with Crippen molar-refractivity contribution in [2.24, 2.45) is 5.41 Å². The van der Waals surface area contributed by atoms with Crippen molar-refractivity contribution in [3.8, 4) is 28.7 Å². The smallest absolute Gasteiger partial charge is 0.169 e. The molecule has 3 aliphatic rings. The topological polar surface area (TPSA) is 122 Å². The molecule has 1 saturated heterocycles. The number of ether oxygens (including phenoxy) is 1. The van der Waals surface area contributed by atoms with E-state index < -0.39 is 0 Å². The normalized spacial score (nSPS) is 21.3. The fourth-order valence-corrected chi connectivity index (χ4v) is 9.96. The van der Waals surface area contributed by atoms with E-state index in [0.29, 0.717) is 46.4 Å². The van der Waals surface area contributed by atoms with Gasteiger partial charge in [0.1, 0.15) is 5.75 Å². The Hall–Kier alpha value is -4.20. The zero-order valence-corrected chi connectivity index (χ0v) is 31.3. The van der Waals surface area contributed by atoms with Gasteiger partial charge >= 0.3 is 0 Å². The first-order chi connectivity index (χ1) is 25.7. The lowest BCUT2D eigenvalue weighted by molar-refractivity contribution is -0.186. The second-order valence-electron chi connectivity index (χ2n) is 16.0. The second kappa shape index (κ2) is 16.0. The van der Waals surface area contributed by atoms with Crippen LogP contribution in [0.1, 0.15) is 124 Å². The van der Waals surface area contributed by atoms with Gasteiger partial charge in [0.15, 0.2) is 23.0 Å². The molecule has 282 valence electrons. The van der Waals surface area contributed by atoms with Crippen LogP contribution in [0.3, 0.4) is 0 Å². The molecule has 7 rings (SSSR count). The van der Waals surface area contributed by atoms with E-state index >= 15 is 0 Å². The molecule has 0 unspecified atom stereocenters. The summed E-state index contributed by atoms with van der Waals surface area (Å²) in [6, 6.07) is 16.9. The van der Waals surface area contributed by atoms with E-state index in [0.717, 1.165) is 38.8 Å². The van der Waals surface area contributed by atoms with E-state index in [9.17, 15) is 25.5 Å². The number of phenols is 5. The maximum atomic E-state index is 11.4. The summed E-state index contributed by atoms with van der Waals surface area (Å²) in [5, 5.41) is 57.8. The quantitative estimate of drug-likeness (QED) is 0.0490. The summed E-state index contributed by atoms with van der Waals surface area (Å²) in [5.41, 5.74) is 6.24. The Bertz CT molecular complexity index is 1940. The molecule has 7 nitrogen and oxygen atoms in total. The monoisotopic (exact) mass is 719 g/mol. The van der Waals surface area contributed by atoms with Crippen LogP contribution < -0.4 is 5.32 Å². The van der Waals surface area contributed by atoms with Gasteiger partial charge in [-0.15, -0.1) is 0 Å². The standard InChI is InChI=1S/C46H57NO6/c1-2-3-4-10-33-27-31(13-17-34(33)30-47-35-21-26-53-46(29-35)25-8-7-24-45(46)22-5-6-23-45)15-19-38-36(18-14-32-16-20-39(48)41(50)28-32)37-11-9-12-40(49)42(37)44(52)43(38)51/h9,11-14,16-18,20,27-28,35,47-52H,2-8,10,15,19,21-26,29-30H2,1H3/b18-14+/t35-,46+/m1/s1. The second-order valence-corrected chi connectivity index (χ2v) is 16.0. The van der Waals surface area contributed by atoms with Gasteiger partial charge in [-0.05, 0) is 121 Å². The van der Waals surface area contributed by atoms with E-state index in [2.05, 4.69) is 30.4 Å². The van der Waals surface area contributed by atoms with E-state index in [4.69, 9.17) is 4.74 Å². The van der Waals surface area contributed by atoms with Crippen molar-refractivity contribution in [2.75, 3.05) is 6.61 Å². The van der Waals surface area contributed by atoms with Crippen molar-refractivity contribution in [1.29, 1.82) is 0 Å². The lowest BCUT2D eigenvalue weighted by Gasteiger charge is -2.55. The van der Waals surface area contributed by atoms with Gasteiger partial charge in [-0.3, -0.25) is 0 Å². The Morgan fingerprint density at radius 2 is 1.55 bits per heavy atom. The molecule has 2 spiro atoms. The fraction of sp³-hybridized carbons (Fsp3) is 0.478. The molecular weight excluding hydrogens is 663 g/mol. The van der Waals surface area contributed by atoms with Gasteiger partial charge in [0.25, 0.3) is 0 Å². The number of hydrogen-bond acceptors (Lipinski definition) is 7. The predicted octanol–water partition coefficient (Wildman–Crippen LogP) is 10.2. The van der Waals surface area contributed by atoms with Crippen LogP contribution in [0.2, 0.25) is 0 Å². The van der Waals surface area contributed by atoms with Gasteiger partial charge in [-0.25, -0.2) is 0 Å². The van der Waals surface area contributed by atoms with E-state index in [1.54, 1.807) is 18.2 Å². The Morgan fingerprint density at radius 1 is 0.755 bits per heavy atom. The van der Waals surface area contributed by atoms with E-state index in [1.807, 2.05) is 12.1 Å². The number of rotatable bonds is 12. The number of fused-ring (bicyclic) bond motifs is 2. The van der Waals surface area contributed by atoms with Crippen molar-refractivity contribution < 1.29 is 30.3 Å². The van der Waals surface area contributed by atoms with Crippen LogP contribution in [0, 0.1) is 5.41 Å². The number of hydrogen-bond donors (Lipinski definition) is 6. The number of unbranched alkanes of at least 4 members (excludes halogenated alkanes) is 2. The summed E-state index contributed by atoms with van der Waals surface area (Å²) < 4.78 is 6.79. The largest absolute Gasteiger partial charge is 0.507 e. The zero-order valence-electron chi connectivity index (χ0n) is 31.3. The van der Waals surface area contributed by atoms with Crippen LogP contribution in [0.4, 0.5) is 0 Å². The number of aryl methyl sites for hydroxylation is 2. The van der Waals surface area contributed by atoms with Crippen molar-refractivity contribution in [2.45, 2.75) is 128 Å². The summed E-state index contributed by atoms with van der Waals surface area (Å²) in [4.78, 5) is 0. The molecule has 6 N–H and O–H groups in total. The lowest BCUT2D eigenvalue weighted by Crippen LogP contribution is -2.57. The van der Waals surface area contributed by atoms with E-state index in [1.165, 1.54) is 99.1 Å². The molecule has 1 aliphatic heterocycles. The van der Waals surface area contributed by atoms with Gasteiger partial charge in [-0.2, -0.15) is 0 Å². The molecule has 2 atom stereocenters. The SMILES string of the molecule is CCCCCc1cc(CCc2c(O)c(O)c3c(O)cccc3c2/C=C/c2ccc(O)c(O)c2)ccc1CN[C@@H]1CCO[C@@]2(CCCCC23CCCC3)C1. The summed E-state index contributed by atoms with van der Waals surface area (Å²) in [7, 11) is 0. The van der Waals surface area contributed by atoms with Gasteiger partial charge in [0.2, 0.25) is 0 Å². The van der Waals surface area contributed by atoms with Crippen LogP contribution in [0.5, 0.6) is 28.7 Å². The Balaban J connectivity index is 1.12. The summed E-state index contributed by atoms with van der Waals surface area (Å²) in [5.74, 6) is -1.13. The molecule has 0 bridgehead atoms. The highest BCUT2D eigenvalue weighted by Crippen LogP contribution is 2.59. The van der Waals surface area contributed by atoms with Crippen molar-refractivity contribution in [1.82, 2.24) is 5.32 Å². The Labute approximate surface area is 314 Å². The van der Waals surface area contributed by atoms with Crippen LogP contribution in [0.25, 0.3) is 22.9 Å². The van der Waals surface area contributed by atoms with Crippen molar-refractivity contribution in [3.63, 3.8) is 0 Å². The molecule has 7 heteroatoms. The number of nitrogens with one attached hydrogen (secondary N) is 1. The minimum absolute atomic E-state index is 0.0485. The van der Waals surface area contributed by atoms with Crippen LogP contribution in [0.15, 0.2) is 54.6 Å². The molecule has 4 aromatic carbocycles. The summed E-state index contributed by atoms with van der Waals surface area (Å²) >= 11 is 0. The fourth-order valence-electron chi connectivity index (χ4n) is 9.96. The van der Waals surface area contributed by atoms with Gasteiger partial charge in [0.05, 0.1) is 11.0 Å². The van der Waals surface area contributed by atoms with Gasteiger partial charge < -0.3 is 35.6 Å². The van der Waals surface area contributed by atoms with Crippen molar-refractivity contribution in [3.05, 3.63) is 88.0 Å². The first-order valence-electron chi connectivity index (χ1n) is 20.1. The molecule has 1 heterocycles. The molecule has 4 aromatic rings. The molecule has 2 aliphatic carbocycles. The van der Waals surface area contributed by atoms with Gasteiger partial charge in [-0.1, -0.05) is 94.0 Å². The molecule has 0 radical (unpaired) electrons. The van der Waals surface area contributed by atoms with Gasteiger partial charge in [0, 0.05) is 24.8 Å². The third-order valence-electron chi connectivity index (χ3n) is 12.8. The molecule has 3 fully saturated rings. The Morgan fingerprint density at radius 3 is 2.32 bits per heavy atom. The summed E-state index contributed by atoms with van der Waals surface area (Å²) in [6.07, 6.45) is 22.0. The predicted molar refractivity (Wildman–Crippen MR) is 213 cm³/mol. The maximum absolute atomic E-state index is 11.4. The maximum Gasteiger partial charge on any atom is 0.169 e. The van der Waals surface area contributed by atoms with Crippen LogP contribution >= 0.6 is 0 Å². The average molecular weight is 720 g/mol. The number of benzene rings is 4. The first kappa shape index (κ1) is 37.1. The minimum Gasteiger partial charge on any atom is -0.507 e. The van der Waals surface area contributed by atoms with Crippen LogP contribution in [-0.2, 0) is 30.5 Å². The number of phenolic OH excluding ortho intramolecular Hbond substituents is 5. The highest BCUT2D eigenvalue weighted by molar-refractivity contribution is 6.03. The minimum atomic E-state index is -0.337. The molecule has 0 amide bonds. The van der Waals surface area contributed by atoms with Crippen molar-refractivity contribution >= 4 is 22.9 Å². The van der Waals surface area contributed by atoms with Crippen LogP contribution in [-0.4, -0.2) is 43.8 Å². The third kappa shape index (κ3) is 7.61. The molecule has 0 aromatic heterocycles. The highest BCUT2D eigenvalue weighted by atomic mass is 16.5. The zero-order chi connectivity index (χ0) is 37.0. The van der Waals surface area contributed by atoms with E-state index in [-0.39, 0.29) is 39.7 Å². The highest BCUT2D eigenvalue weighted by Gasteiger charge is 2.56. The third-order valence-corrected chi connectivity index (χ3v) is 12.8. The number of aromatic hydroxyl groups is 5. The average Bonchev–Trinajstić information content (AvgIpc) is 3.64. The Kier molecular flexibility index (Phi) is 11.2. The molecule has 53 heavy (non-hydrogen) atoms. The molecular formula is C46H57NO6.